The molecule has 0 unspecified atom stereocenters. The van der Waals surface area contributed by atoms with Crippen molar-refractivity contribution in [2.45, 2.75) is 57.7 Å². The van der Waals surface area contributed by atoms with Crippen LogP contribution < -0.4 is 15.4 Å². The molecular weight excluding hydrogens is 430 g/mol. The minimum atomic E-state index is -0.399. The number of nitrogens with zero attached hydrogens (tertiary/aromatic N) is 2. The highest BCUT2D eigenvalue weighted by molar-refractivity contribution is 5.99. The van der Waals surface area contributed by atoms with Gasteiger partial charge in [-0.3, -0.25) is 19.9 Å². The first-order valence-electron chi connectivity index (χ1n) is 11.6. The Balaban J connectivity index is 1.54. The molecule has 2 heterocycles. The van der Waals surface area contributed by atoms with Crippen LogP contribution in [0.25, 0.3) is 0 Å². The summed E-state index contributed by atoms with van der Waals surface area (Å²) in [6.07, 6.45) is 2.44. The second kappa shape index (κ2) is 9.56. The van der Waals surface area contributed by atoms with Crippen LogP contribution in [0.15, 0.2) is 42.5 Å². The summed E-state index contributed by atoms with van der Waals surface area (Å²) < 4.78 is 5.67. The van der Waals surface area contributed by atoms with Crippen LogP contribution in [0.2, 0.25) is 0 Å². The number of amides is 2. The largest absolute Gasteiger partial charge is 0.493 e. The van der Waals surface area contributed by atoms with Crippen molar-refractivity contribution in [1.29, 1.82) is 10.7 Å². The first kappa shape index (κ1) is 23.3. The minimum absolute atomic E-state index is 0.0483. The molecule has 8 nitrogen and oxygen atoms in total. The molecule has 34 heavy (non-hydrogen) atoms. The van der Waals surface area contributed by atoms with Gasteiger partial charge in [0.2, 0.25) is 5.91 Å². The maximum atomic E-state index is 13.1. The Labute approximate surface area is 199 Å². The molecular formula is C26H29N5O3. The summed E-state index contributed by atoms with van der Waals surface area (Å²) in [5, 5.41) is 24.2. The first-order valence-corrected chi connectivity index (χ1v) is 11.6. The summed E-state index contributed by atoms with van der Waals surface area (Å²) in [6.45, 7) is 4.63. The molecule has 2 amide bonds. The van der Waals surface area contributed by atoms with Gasteiger partial charge in [0.15, 0.2) is 5.96 Å². The van der Waals surface area contributed by atoms with Gasteiger partial charge in [0.1, 0.15) is 5.75 Å². The molecule has 2 aliphatic heterocycles. The van der Waals surface area contributed by atoms with Crippen LogP contribution in [-0.2, 0) is 11.3 Å². The highest BCUT2D eigenvalue weighted by Gasteiger charge is 2.39. The SMILES string of the molecule is CCC1(CC)CC(=O)N(Cc2cc(C#N)cc(C(=O)N[C@H]3CCOc4ccccc43)c2)C(=N)N1. The smallest absolute Gasteiger partial charge is 0.251 e. The van der Waals surface area contributed by atoms with Crippen LogP contribution in [0, 0.1) is 16.7 Å². The fraction of sp³-hybridized carbons (Fsp3) is 0.385. The van der Waals surface area contributed by atoms with Gasteiger partial charge in [-0.1, -0.05) is 32.0 Å². The number of ether oxygens (including phenoxy) is 1. The second-order valence-electron chi connectivity index (χ2n) is 8.85. The number of nitriles is 1. The first-order chi connectivity index (χ1) is 16.4. The predicted octanol–water partition coefficient (Wildman–Crippen LogP) is 3.63. The van der Waals surface area contributed by atoms with E-state index in [2.05, 4.69) is 16.7 Å². The van der Waals surface area contributed by atoms with Crippen molar-refractivity contribution in [3.8, 4) is 11.8 Å². The van der Waals surface area contributed by atoms with Crippen molar-refractivity contribution in [3.05, 3.63) is 64.7 Å². The van der Waals surface area contributed by atoms with Crippen LogP contribution in [0.3, 0.4) is 0 Å². The van der Waals surface area contributed by atoms with Gasteiger partial charge < -0.3 is 15.4 Å². The lowest BCUT2D eigenvalue weighted by Crippen LogP contribution is -2.61. The summed E-state index contributed by atoms with van der Waals surface area (Å²) in [5.74, 6) is 0.372. The summed E-state index contributed by atoms with van der Waals surface area (Å²) in [7, 11) is 0. The van der Waals surface area contributed by atoms with Gasteiger partial charge in [-0.2, -0.15) is 5.26 Å². The van der Waals surface area contributed by atoms with Crippen molar-refractivity contribution in [2.24, 2.45) is 0 Å². The summed E-state index contributed by atoms with van der Waals surface area (Å²) in [5.41, 5.74) is 1.82. The van der Waals surface area contributed by atoms with Crippen molar-refractivity contribution in [1.82, 2.24) is 15.5 Å². The van der Waals surface area contributed by atoms with Crippen molar-refractivity contribution in [2.75, 3.05) is 6.61 Å². The van der Waals surface area contributed by atoms with E-state index in [0.717, 1.165) is 24.2 Å². The molecule has 3 N–H and O–H groups in total. The molecule has 1 fully saturated rings. The molecule has 1 atom stereocenters. The molecule has 0 aliphatic carbocycles. The Kier molecular flexibility index (Phi) is 6.55. The number of hydrogen-bond acceptors (Lipinski definition) is 5. The van der Waals surface area contributed by atoms with E-state index < -0.39 is 5.54 Å². The molecule has 2 aromatic rings. The van der Waals surface area contributed by atoms with E-state index in [1.165, 1.54) is 4.90 Å². The monoisotopic (exact) mass is 459 g/mol. The van der Waals surface area contributed by atoms with E-state index in [0.29, 0.717) is 36.1 Å². The van der Waals surface area contributed by atoms with E-state index in [1.807, 2.05) is 38.1 Å². The standard InChI is InChI=1S/C26H29N5O3/c1-3-26(4-2)14-23(32)31(25(28)30-26)16-18-11-17(15-27)12-19(13-18)24(33)29-21-9-10-34-22-8-6-5-7-20(21)22/h5-8,11-13,21H,3-4,9-10,14,16H2,1-2H3,(H2,28,30)(H,29,33)/t21-/m0/s1. The molecule has 4 rings (SSSR count). The van der Waals surface area contributed by atoms with Crippen molar-refractivity contribution in [3.63, 3.8) is 0 Å². The van der Waals surface area contributed by atoms with Crippen LogP contribution >= 0.6 is 0 Å². The minimum Gasteiger partial charge on any atom is -0.493 e. The Morgan fingerprint density at radius 1 is 1.29 bits per heavy atom. The zero-order valence-corrected chi connectivity index (χ0v) is 19.5. The molecule has 0 aromatic heterocycles. The maximum Gasteiger partial charge on any atom is 0.251 e. The van der Waals surface area contributed by atoms with Crippen molar-refractivity contribution < 1.29 is 14.3 Å². The molecule has 0 saturated carbocycles. The van der Waals surface area contributed by atoms with E-state index in [9.17, 15) is 14.9 Å². The second-order valence-corrected chi connectivity index (χ2v) is 8.85. The van der Waals surface area contributed by atoms with E-state index >= 15 is 0 Å². The molecule has 1 saturated heterocycles. The average Bonchev–Trinajstić information content (AvgIpc) is 2.86. The number of benzene rings is 2. The van der Waals surface area contributed by atoms with E-state index in [4.69, 9.17) is 10.1 Å². The molecule has 0 bridgehead atoms. The summed E-state index contributed by atoms with van der Waals surface area (Å²) >= 11 is 0. The third-order valence-electron chi connectivity index (χ3n) is 6.79. The van der Waals surface area contributed by atoms with Gasteiger partial charge in [-0.05, 0) is 42.7 Å². The van der Waals surface area contributed by atoms with Gasteiger partial charge >= 0.3 is 0 Å². The third-order valence-corrected chi connectivity index (χ3v) is 6.79. The number of guanidine groups is 1. The zero-order valence-electron chi connectivity index (χ0n) is 19.5. The Morgan fingerprint density at radius 3 is 2.76 bits per heavy atom. The Hall–Kier alpha value is -3.86. The number of fused-ring (bicyclic) bond motifs is 1. The number of nitrogens with one attached hydrogen (secondary N) is 3. The van der Waals surface area contributed by atoms with Crippen LogP contribution in [0.5, 0.6) is 5.75 Å². The molecule has 2 aromatic carbocycles. The number of rotatable bonds is 6. The number of carbonyl (C=O) groups excluding carboxylic acids is 2. The quantitative estimate of drug-likeness (QED) is 0.610. The molecule has 0 spiro atoms. The summed E-state index contributed by atoms with van der Waals surface area (Å²) in [4.78, 5) is 27.4. The molecule has 2 aliphatic rings. The molecule has 0 radical (unpaired) electrons. The Bertz CT molecular complexity index is 1150. The highest BCUT2D eigenvalue weighted by Crippen LogP contribution is 2.32. The maximum absolute atomic E-state index is 13.1. The lowest BCUT2D eigenvalue weighted by molar-refractivity contribution is -0.131. The Morgan fingerprint density at radius 2 is 2.06 bits per heavy atom. The van der Waals surface area contributed by atoms with Gasteiger partial charge in [0.25, 0.3) is 5.91 Å². The lowest BCUT2D eigenvalue weighted by Gasteiger charge is -2.42. The van der Waals surface area contributed by atoms with E-state index in [-0.39, 0.29) is 30.4 Å². The van der Waals surface area contributed by atoms with Crippen LogP contribution in [0.1, 0.15) is 72.6 Å². The number of hydrogen-bond donors (Lipinski definition) is 3. The van der Waals surface area contributed by atoms with Gasteiger partial charge in [0, 0.05) is 23.1 Å². The van der Waals surface area contributed by atoms with Gasteiger partial charge in [-0.15, -0.1) is 0 Å². The highest BCUT2D eigenvalue weighted by atomic mass is 16.5. The number of carbonyl (C=O) groups is 2. The zero-order chi connectivity index (χ0) is 24.3. The predicted molar refractivity (Wildman–Crippen MR) is 127 cm³/mol. The third kappa shape index (κ3) is 4.60. The lowest BCUT2D eigenvalue weighted by atomic mass is 9.87. The van der Waals surface area contributed by atoms with Gasteiger partial charge in [0.05, 0.1) is 37.2 Å². The topological polar surface area (TPSA) is 118 Å². The van der Waals surface area contributed by atoms with Gasteiger partial charge in [-0.25, -0.2) is 0 Å². The van der Waals surface area contributed by atoms with Crippen LogP contribution in [-0.4, -0.2) is 34.8 Å². The fourth-order valence-corrected chi connectivity index (χ4v) is 4.61. The van der Waals surface area contributed by atoms with Crippen molar-refractivity contribution >= 4 is 17.8 Å². The summed E-state index contributed by atoms with van der Waals surface area (Å²) in [6, 6.07) is 14.4. The normalized spacial score (nSPS) is 18.9. The van der Waals surface area contributed by atoms with Crippen LogP contribution in [0.4, 0.5) is 0 Å². The molecule has 8 heteroatoms. The average molecular weight is 460 g/mol. The fourth-order valence-electron chi connectivity index (χ4n) is 4.61. The molecule has 176 valence electrons. The number of para-hydroxylation sites is 1. The van der Waals surface area contributed by atoms with E-state index in [1.54, 1.807) is 18.2 Å².